The Bertz CT molecular complexity index is 537. The van der Waals surface area contributed by atoms with E-state index >= 15 is 0 Å². The minimum atomic E-state index is 0.102. The highest BCUT2D eigenvalue weighted by Gasteiger charge is 2.49. The molecule has 0 bridgehead atoms. The van der Waals surface area contributed by atoms with Crippen LogP contribution in [-0.2, 0) is 0 Å². The number of aliphatic imine (C=N–C) groups is 1. The quantitative estimate of drug-likeness (QED) is 0.851. The third-order valence-corrected chi connectivity index (χ3v) is 5.19. The number of nitrogens with zero attached hydrogens (tertiary/aromatic N) is 2. The summed E-state index contributed by atoms with van der Waals surface area (Å²) in [5, 5.41) is 0. The van der Waals surface area contributed by atoms with E-state index in [0.29, 0.717) is 11.9 Å². The fourth-order valence-corrected chi connectivity index (χ4v) is 3.99. The van der Waals surface area contributed by atoms with Crippen molar-refractivity contribution in [1.82, 2.24) is 0 Å². The molecular formula is C17H25N3. The lowest BCUT2D eigenvalue weighted by Crippen LogP contribution is -2.58. The van der Waals surface area contributed by atoms with Gasteiger partial charge in [0.2, 0.25) is 0 Å². The maximum absolute atomic E-state index is 6.24. The van der Waals surface area contributed by atoms with E-state index in [1.54, 1.807) is 0 Å². The molecule has 3 nitrogen and oxygen atoms in total. The van der Waals surface area contributed by atoms with Crippen LogP contribution in [0.5, 0.6) is 0 Å². The lowest BCUT2D eigenvalue weighted by atomic mass is 9.69. The maximum atomic E-state index is 6.24. The lowest BCUT2D eigenvalue weighted by molar-refractivity contribution is 0.180. The molecule has 0 aromatic heterocycles. The Kier molecular flexibility index (Phi) is 3.23. The van der Waals surface area contributed by atoms with Crippen LogP contribution in [-0.4, -0.2) is 18.0 Å². The van der Waals surface area contributed by atoms with Gasteiger partial charge in [-0.1, -0.05) is 26.0 Å². The molecule has 2 aliphatic rings. The second-order valence-electron chi connectivity index (χ2n) is 6.73. The van der Waals surface area contributed by atoms with Crippen LogP contribution in [0.1, 0.15) is 38.7 Å². The SMILES string of the molecule is Cc1cccc(N2C(N)=NCC23CCC(C)CC3C)c1. The van der Waals surface area contributed by atoms with Crippen molar-refractivity contribution in [3.8, 4) is 0 Å². The van der Waals surface area contributed by atoms with Crippen molar-refractivity contribution in [3.63, 3.8) is 0 Å². The molecule has 1 aliphatic carbocycles. The van der Waals surface area contributed by atoms with Gasteiger partial charge in [-0.3, -0.25) is 4.99 Å². The monoisotopic (exact) mass is 271 g/mol. The van der Waals surface area contributed by atoms with E-state index in [2.05, 4.69) is 54.9 Å². The number of guanidine groups is 1. The number of nitrogens with two attached hydrogens (primary N) is 1. The van der Waals surface area contributed by atoms with E-state index in [1.807, 2.05) is 0 Å². The molecule has 108 valence electrons. The number of hydrogen-bond acceptors (Lipinski definition) is 3. The molecule has 3 rings (SSSR count). The molecule has 2 N–H and O–H groups in total. The van der Waals surface area contributed by atoms with Crippen molar-refractivity contribution in [2.24, 2.45) is 22.6 Å². The van der Waals surface area contributed by atoms with E-state index in [1.165, 1.54) is 30.5 Å². The zero-order valence-corrected chi connectivity index (χ0v) is 12.8. The Morgan fingerprint density at radius 2 is 2.15 bits per heavy atom. The van der Waals surface area contributed by atoms with Gasteiger partial charge < -0.3 is 10.6 Å². The summed E-state index contributed by atoms with van der Waals surface area (Å²) < 4.78 is 0. The van der Waals surface area contributed by atoms with Crippen LogP contribution in [0.2, 0.25) is 0 Å². The Morgan fingerprint density at radius 1 is 1.35 bits per heavy atom. The van der Waals surface area contributed by atoms with Crippen LogP contribution in [0.25, 0.3) is 0 Å². The Labute approximate surface area is 121 Å². The third kappa shape index (κ3) is 2.00. The van der Waals surface area contributed by atoms with Gasteiger partial charge in [0.15, 0.2) is 5.96 Å². The van der Waals surface area contributed by atoms with Crippen LogP contribution in [0.4, 0.5) is 5.69 Å². The van der Waals surface area contributed by atoms with Gasteiger partial charge in [0.25, 0.3) is 0 Å². The minimum Gasteiger partial charge on any atom is -0.369 e. The summed E-state index contributed by atoms with van der Waals surface area (Å²) in [5.74, 6) is 2.13. The zero-order valence-electron chi connectivity index (χ0n) is 12.8. The Morgan fingerprint density at radius 3 is 2.85 bits per heavy atom. The predicted octanol–water partition coefficient (Wildman–Crippen LogP) is 3.32. The van der Waals surface area contributed by atoms with Crippen molar-refractivity contribution >= 4 is 11.6 Å². The number of hydrogen-bond donors (Lipinski definition) is 1. The van der Waals surface area contributed by atoms with E-state index in [-0.39, 0.29) is 5.54 Å². The second kappa shape index (κ2) is 4.80. The van der Waals surface area contributed by atoms with Crippen LogP contribution in [0.15, 0.2) is 29.3 Å². The normalized spacial score (nSPS) is 33.5. The number of rotatable bonds is 1. The summed E-state index contributed by atoms with van der Waals surface area (Å²) in [6.07, 6.45) is 3.73. The molecule has 0 radical (unpaired) electrons. The highest BCUT2D eigenvalue weighted by Crippen LogP contribution is 2.45. The first-order valence-corrected chi connectivity index (χ1v) is 7.70. The van der Waals surface area contributed by atoms with Gasteiger partial charge in [-0.15, -0.1) is 0 Å². The standard InChI is InChI=1S/C17H25N3/c1-12-5-4-6-15(10-12)20-16(18)19-11-17(20)8-7-13(2)9-14(17)3/h4-6,10,13-14H,7-9,11H2,1-3H3,(H2,18,19). The smallest absolute Gasteiger partial charge is 0.196 e. The molecule has 1 spiro atoms. The Hall–Kier alpha value is -1.51. The summed E-state index contributed by atoms with van der Waals surface area (Å²) >= 11 is 0. The van der Waals surface area contributed by atoms with Crippen LogP contribution in [0, 0.1) is 18.8 Å². The molecule has 1 aromatic carbocycles. The topological polar surface area (TPSA) is 41.6 Å². The van der Waals surface area contributed by atoms with Gasteiger partial charge in [0.1, 0.15) is 0 Å². The second-order valence-corrected chi connectivity index (χ2v) is 6.73. The van der Waals surface area contributed by atoms with Crippen molar-refractivity contribution in [3.05, 3.63) is 29.8 Å². The molecule has 1 fully saturated rings. The van der Waals surface area contributed by atoms with E-state index < -0.39 is 0 Å². The molecule has 3 unspecified atom stereocenters. The first-order valence-electron chi connectivity index (χ1n) is 7.70. The summed E-state index contributed by atoms with van der Waals surface area (Å²) in [5.41, 5.74) is 8.81. The van der Waals surface area contributed by atoms with Gasteiger partial charge in [-0.2, -0.15) is 0 Å². The van der Waals surface area contributed by atoms with Crippen molar-refractivity contribution in [2.75, 3.05) is 11.4 Å². The molecule has 3 atom stereocenters. The minimum absolute atomic E-state index is 0.102. The summed E-state index contributed by atoms with van der Waals surface area (Å²) in [6, 6.07) is 8.62. The summed E-state index contributed by atoms with van der Waals surface area (Å²) in [4.78, 5) is 6.91. The maximum Gasteiger partial charge on any atom is 0.196 e. The zero-order chi connectivity index (χ0) is 14.3. The van der Waals surface area contributed by atoms with Crippen molar-refractivity contribution in [2.45, 2.75) is 45.6 Å². The molecule has 0 saturated heterocycles. The molecule has 1 saturated carbocycles. The summed E-state index contributed by atoms with van der Waals surface area (Å²) in [6.45, 7) is 7.71. The third-order valence-electron chi connectivity index (χ3n) is 5.19. The van der Waals surface area contributed by atoms with Crippen molar-refractivity contribution < 1.29 is 0 Å². The fraction of sp³-hybridized carbons (Fsp3) is 0.588. The van der Waals surface area contributed by atoms with Crippen LogP contribution < -0.4 is 10.6 Å². The van der Waals surface area contributed by atoms with Crippen LogP contribution in [0.3, 0.4) is 0 Å². The van der Waals surface area contributed by atoms with Gasteiger partial charge in [-0.25, -0.2) is 0 Å². The number of anilines is 1. The first-order chi connectivity index (χ1) is 9.53. The highest BCUT2D eigenvalue weighted by molar-refractivity contribution is 5.98. The number of aryl methyl sites for hydroxylation is 1. The molecule has 20 heavy (non-hydrogen) atoms. The van der Waals surface area contributed by atoms with Gasteiger partial charge >= 0.3 is 0 Å². The van der Waals surface area contributed by atoms with Gasteiger partial charge in [-0.05, 0) is 55.7 Å². The Balaban J connectivity index is 2.00. The predicted molar refractivity (Wildman–Crippen MR) is 85.1 cm³/mol. The van der Waals surface area contributed by atoms with E-state index in [4.69, 9.17) is 5.73 Å². The summed E-state index contributed by atoms with van der Waals surface area (Å²) in [7, 11) is 0. The molecule has 1 aliphatic heterocycles. The van der Waals surface area contributed by atoms with Gasteiger partial charge in [0, 0.05) is 5.69 Å². The van der Waals surface area contributed by atoms with E-state index in [9.17, 15) is 0 Å². The largest absolute Gasteiger partial charge is 0.369 e. The molecular weight excluding hydrogens is 246 g/mol. The van der Waals surface area contributed by atoms with E-state index in [0.717, 1.165) is 12.5 Å². The molecule has 1 heterocycles. The van der Waals surface area contributed by atoms with Crippen molar-refractivity contribution in [1.29, 1.82) is 0 Å². The van der Waals surface area contributed by atoms with Crippen LogP contribution >= 0.6 is 0 Å². The number of benzene rings is 1. The fourth-order valence-electron chi connectivity index (χ4n) is 3.99. The average Bonchev–Trinajstić information content (AvgIpc) is 2.73. The lowest BCUT2D eigenvalue weighted by Gasteiger charge is -2.48. The highest BCUT2D eigenvalue weighted by atomic mass is 15.4. The molecule has 0 amide bonds. The molecule has 3 heteroatoms. The van der Waals surface area contributed by atoms with Gasteiger partial charge in [0.05, 0.1) is 12.1 Å². The average molecular weight is 271 g/mol. The molecule has 1 aromatic rings. The first kappa shape index (κ1) is 13.5.